The largest absolute Gasteiger partial charge is 0.396 e. The molecule has 0 saturated heterocycles. The summed E-state index contributed by atoms with van der Waals surface area (Å²) in [6, 6.07) is 26.8. The molecule has 218 valence electrons. The smallest absolute Gasteiger partial charge is 0.295 e. The lowest BCUT2D eigenvalue weighted by Gasteiger charge is -2.49. The van der Waals surface area contributed by atoms with Crippen molar-refractivity contribution in [1.29, 1.82) is 0 Å². The topological polar surface area (TPSA) is 38.3 Å². The molecule has 6 rings (SSSR count). The second kappa shape index (κ2) is 10.1. The van der Waals surface area contributed by atoms with Crippen molar-refractivity contribution in [3.05, 3.63) is 95.1 Å². The quantitative estimate of drug-likeness (QED) is 0.213. The highest BCUT2D eigenvalue weighted by Crippen LogP contribution is 2.55. The Morgan fingerprint density at radius 2 is 1.50 bits per heavy atom. The van der Waals surface area contributed by atoms with Crippen LogP contribution in [0.3, 0.4) is 0 Å². The zero-order valence-corrected chi connectivity index (χ0v) is 26.5. The predicted molar refractivity (Wildman–Crippen MR) is 174 cm³/mol. The lowest BCUT2D eigenvalue weighted by molar-refractivity contribution is -0.743. The lowest BCUT2D eigenvalue weighted by Crippen LogP contribution is -2.68. The number of imidazole rings is 1. The standard InChI is InChI=1S/C38H45N2O2/c1-25-14-13-15-26(2)34(25)39-31-18-11-12-19-32(31)40-35(39)29-24-30(36(3,4)5)27-16-9-10-17-28(27)33(29)37(6,21-23-42-8)38(40,7)20-22-41/h9-19,24,41H,20-23H2,1-8H3/q+1. The van der Waals surface area contributed by atoms with E-state index in [2.05, 4.69) is 130 Å². The average Bonchev–Trinajstić information content (AvgIpc) is 3.29. The number of para-hydroxylation sites is 3. The number of fused-ring (bicyclic) bond motifs is 7. The van der Waals surface area contributed by atoms with Gasteiger partial charge in [-0.05, 0) is 83.8 Å². The van der Waals surface area contributed by atoms with Crippen molar-refractivity contribution in [2.45, 2.75) is 77.7 Å². The maximum atomic E-state index is 10.7. The molecule has 2 atom stereocenters. The third-order valence-corrected chi connectivity index (χ3v) is 10.2. The summed E-state index contributed by atoms with van der Waals surface area (Å²) in [5.74, 6) is 1.19. The molecular formula is C38H45N2O2+. The normalized spacial score (nSPS) is 20.2. The predicted octanol–water partition coefficient (Wildman–Crippen LogP) is 8.06. The van der Waals surface area contributed by atoms with Crippen LogP contribution in [0.4, 0.5) is 0 Å². The zero-order chi connectivity index (χ0) is 30.0. The van der Waals surface area contributed by atoms with Gasteiger partial charge in [0.1, 0.15) is 11.2 Å². The molecule has 0 bridgehead atoms. The molecule has 1 aliphatic rings. The number of aliphatic hydroxyl groups excluding tert-OH is 1. The molecular weight excluding hydrogens is 516 g/mol. The lowest BCUT2D eigenvalue weighted by atomic mass is 9.59. The number of hydrogen-bond donors (Lipinski definition) is 1. The van der Waals surface area contributed by atoms with Crippen LogP contribution in [-0.2, 0) is 21.1 Å². The summed E-state index contributed by atoms with van der Waals surface area (Å²) in [5.41, 5.74) is 9.24. The van der Waals surface area contributed by atoms with Crippen molar-refractivity contribution in [2.24, 2.45) is 0 Å². The molecule has 0 saturated carbocycles. The van der Waals surface area contributed by atoms with Crippen molar-refractivity contribution in [1.82, 2.24) is 4.57 Å². The Balaban J connectivity index is 1.93. The van der Waals surface area contributed by atoms with Gasteiger partial charge in [-0.1, -0.05) is 82.3 Å². The van der Waals surface area contributed by atoms with Gasteiger partial charge in [0.2, 0.25) is 0 Å². The Morgan fingerprint density at radius 3 is 2.14 bits per heavy atom. The monoisotopic (exact) mass is 561 g/mol. The number of ether oxygens (including phenoxy) is 1. The van der Waals surface area contributed by atoms with E-state index in [1.54, 1.807) is 7.11 Å². The molecule has 0 radical (unpaired) electrons. The first kappa shape index (κ1) is 28.6. The zero-order valence-electron chi connectivity index (χ0n) is 26.5. The number of rotatable bonds is 6. The molecule has 5 aromatic rings. The van der Waals surface area contributed by atoms with Gasteiger partial charge in [-0.3, -0.25) is 0 Å². The molecule has 42 heavy (non-hydrogen) atoms. The second-order valence-corrected chi connectivity index (χ2v) is 13.7. The van der Waals surface area contributed by atoms with Crippen LogP contribution in [0.5, 0.6) is 0 Å². The van der Waals surface area contributed by atoms with Crippen molar-refractivity contribution in [2.75, 3.05) is 20.3 Å². The van der Waals surface area contributed by atoms with Gasteiger partial charge in [0.05, 0.1) is 5.56 Å². The first-order chi connectivity index (χ1) is 20.0. The summed E-state index contributed by atoms with van der Waals surface area (Å²) in [6.07, 6.45) is 1.46. The molecule has 0 spiro atoms. The molecule has 4 aromatic carbocycles. The summed E-state index contributed by atoms with van der Waals surface area (Å²) in [7, 11) is 1.79. The number of nitrogens with zero attached hydrogens (tertiary/aromatic N) is 2. The average molecular weight is 562 g/mol. The summed E-state index contributed by atoms with van der Waals surface area (Å²) in [4.78, 5) is 0. The van der Waals surface area contributed by atoms with Gasteiger partial charge in [-0.15, -0.1) is 0 Å². The fourth-order valence-electron chi connectivity index (χ4n) is 7.88. The van der Waals surface area contributed by atoms with Crippen molar-refractivity contribution < 1.29 is 14.4 Å². The van der Waals surface area contributed by atoms with E-state index in [0.29, 0.717) is 13.0 Å². The van der Waals surface area contributed by atoms with Gasteiger partial charge >= 0.3 is 0 Å². The fraction of sp³-hybridized carbons (Fsp3) is 0.395. The Morgan fingerprint density at radius 1 is 0.857 bits per heavy atom. The van der Waals surface area contributed by atoms with Gasteiger partial charge in [0.15, 0.2) is 11.0 Å². The molecule has 1 aromatic heterocycles. The van der Waals surface area contributed by atoms with Crippen LogP contribution < -0.4 is 4.57 Å². The van der Waals surface area contributed by atoms with E-state index in [1.165, 1.54) is 61.1 Å². The van der Waals surface area contributed by atoms with Crippen LogP contribution in [0.25, 0.3) is 38.9 Å². The minimum Gasteiger partial charge on any atom is -0.396 e. The summed E-state index contributed by atoms with van der Waals surface area (Å²) < 4.78 is 10.9. The second-order valence-electron chi connectivity index (χ2n) is 13.7. The molecule has 2 unspecified atom stereocenters. The first-order valence-corrected chi connectivity index (χ1v) is 15.3. The van der Waals surface area contributed by atoms with Gasteiger partial charge in [0.25, 0.3) is 5.82 Å². The Bertz CT molecular complexity index is 1810. The van der Waals surface area contributed by atoms with E-state index in [9.17, 15) is 5.11 Å². The summed E-state index contributed by atoms with van der Waals surface area (Å²) >= 11 is 0. The van der Waals surface area contributed by atoms with Crippen molar-refractivity contribution in [3.63, 3.8) is 0 Å². The molecule has 4 heteroatoms. The number of hydrogen-bond acceptors (Lipinski definition) is 2. The maximum absolute atomic E-state index is 10.7. The summed E-state index contributed by atoms with van der Waals surface area (Å²) in [6.45, 7) is 16.9. The maximum Gasteiger partial charge on any atom is 0.295 e. The molecule has 1 aliphatic heterocycles. The number of methoxy groups -OCH3 is 1. The van der Waals surface area contributed by atoms with E-state index >= 15 is 0 Å². The van der Waals surface area contributed by atoms with Crippen molar-refractivity contribution >= 4 is 21.8 Å². The highest BCUT2D eigenvalue weighted by molar-refractivity contribution is 5.97. The molecule has 0 aliphatic carbocycles. The Hall–Kier alpha value is -3.47. The summed E-state index contributed by atoms with van der Waals surface area (Å²) in [5, 5.41) is 13.3. The molecule has 1 N–H and O–H groups in total. The van der Waals surface area contributed by atoms with E-state index in [0.717, 1.165) is 6.42 Å². The number of benzene rings is 4. The number of aryl methyl sites for hydroxylation is 2. The Kier molecular flexibility index (Phi) is 6.87. The minimum atomic E-state index is -0.434. The Labute approximate surface area is 250 Å². The van der Waals surface area contributed by atoms with Crippen LogP contribution in [0.1, 0.15) is 69.7 Å². The molecule has 4 nitrogen and oxygen atoms in total. The van der Waals surface area contributed by atoms with Crippen molar-refractivity contribution in [3.8, 4) is 17.1 Å². The highest BCUT2D eigenvalue weighted by Gasteiger charge is 2.58. The van der Waals surface area contributed by atoms with Crippen LogP contribution >= 0.6 is 0 Å². The van der Waals surface area contributed by atoms with Gasteiger partial charge in [0, 0.05) is 32.2 Å². The van der Waals surface area contributed by atoms with E-state index < -0.39 is 5.54 Å². The van der Waals surface area contributed by atoms with Gasteiger partial charge in [-0.25, -0.2) is 4.57 Å². The van der Waals surface area contributed by atoms with E-state index in [1.807, 2.05) is 0 Å². The molecule has 2 heterocycles. The van der Waals surface area contributed by atoms with Crippen LogP contribution in [-0.4, -0.2) is 30.0 Å². The highest BCUT2D eigenvalue weighted by atomic mass is 16.5. The fourth-order valence-corrected chi connectivity index (χ4v) is 7.88. The SMILES string of the molecule is COCCC1(C)c2c(cc(C(C)(C)C)c3ccccc23)-c2n(-c3c(C)cccc3C)c3ccccc3[n+]2C1(C)CCO. The van der Waals surface area contributed by atoms with E-state index in [-0.39, 0.29) is 17.4 Å². The molecule has 0 fully saturated rings. The third-order valence-electron chi connectivity index (χ3n) is 10.2. The minimum absolute atomic E-state index is 0.0519. The van der Waals surface area contributed by atoms with Gasteiger partial charge < -0.3 is 9.84 Å². The van der Waals surface area contributed by atoms with Crippen LogP contribution in [0, 0.1) is 13.8 Å². The number of aromatic nitrogens is 2. The van der Waals surface area contributed by atoms with Crippen LogP contribution in [0.2, 0.25) is 0 Å². The van der Waals surface area contributed by atoms with Crippen LogP contribution in [0.15, 0.2) is 72.8 Å². The third kappa shape index (κ3) is 3.92. The number of aliphatic hydroxyl groups is 1. The van der Waals surface area contributed by atoms with Gasteiger partial charge in [-0.2, -0.15) is 4.57 Å². The first-order valence-electron chi connectivity index (χ1n) is 15.3. The van der Waals surface area contributed by atoms with E-state index in [4.69, 9.17) is 4.74 Å². The molecule has 0 amide bonds.